The zero-order chi connectivity index (χ0) is 24.9. The average molecular weight is 473 g/mol. The highest BCUT2D eigenvalue weighted by Crippen LogP contribution is 2.34. The van der Waals surface area contributed by atoms with Crippen molar-refractivity contribution in [1.82, 2.24) is 0 Å². The molecule has 8 nitrogen and oxygen atoms in total. The molecule has 2 aromatic rings. The minimum atomic E-state index is -0.438. The van der Waals surface area contributed by atoms with E-state index in [1.807, 2.05) is 32.0 Å². The van der Waals surface area contributed by atoms with E-state index < -0.39 is 5.78 Å². The molecule has 1 N–H and O–H groups in total. The molecular weight excluding hydrogens is 440 g/mol. The molecule has 0 atom stereocenters. The molecule has 0 unspecified atom stereocenters. The van der Waals surface area contributed by atoms with Gasteiger partial charge >= 0.3 is 0 Å². The van der Waals surface area contributed by atoms with Crippen molar-refractivity contribution in [2.24, 2.45) is 0 Å². The quantitative estimate of drug-likeness (QED) is 0.182. The van der Waals surface area contributed by atoms with Gasteiger partial charge in [0.25, 0.3) is 0 Å². The van der Waals surface area contributed by atoms with Crippen molar-refractivity contribution in [3.05, 3.63) is 64.7 Å². The van der Waals surface area contributed by atoms with Gasteiger partial charge in [0.1, 0.15) is 28.6 Å². The lowest BCUT2D eigenvalue weighted by molar-refractivity contribution is 0.0453. The fourth-order valence-electron chi connectivity index (χ4n) is 2.97. The first-order valence-electron chi connectivity index (χ1n) is 10.6. The highest BCUT2D eigenvalue weighted by molar-refractivity contribution is 6.10. The molecule has 8 heteroatoms. The number of ketones is 1. The van der Waals surface area contributed by atoms with E-state index >= 15 is 0 Å². The molecule has 0 heterocycles. The van der Waals surface area contributed by atoms with Crippen LogP contribution >= 0.6 is 0 Å². The standard InChI is InChI=1S/C26H32O8/c1-18(2)6-9-20-12-19(8-11-24(20)33-16-30-4)7-10-22(27)26-23(28)13-21(32-15-29-3)14-25(26)34-17-31-5/h6-8,10-14,28H,9,15-17H2,1-5H3. The summed E-state index contributed by atoms with van der Waals surface area (Å²) in [7, 11) is 4.50. The number of allylic oxidation sites excluding steroid dienone is 3. The maximum absolute atomic E-state index is 13.0. The summed E-state index contributed by atoms with van der Waals surface area (Å²) in [6, 6.07) is 8.45. The zero-order valence-electron chi connectivity index (χ0n) is 20.3. The van der Waals surface area contributed by atoms with Crippen LogP contribution in [-0.4, -0.2) is 52.6 Å². The number of ether oxygens (including phenoxy) is 6. The van der Waals surface area contributed by atoms with E-state index in [1.165, 1.54) is 38.0 Å². The Morgan fingerprint density at radius 2 is 1.53 bits per heavy atom. The fourth-order valence-corrected chi connectivity index (χ4v) is 2.97. The Morgan fingerprint density at radius 3 is 2.18 bits per heavy atom. The molecule has 0 fully saturated rings. The first-order valence-corrected chi connectivity index (χ1v) is 10.6. The van der Waals surface area contributed by atoms with Gasteiger partial charge in [-0.2, -0.15) is 0 Å². The van der Waals surface area contributed by atoms with Gasteiger partial charge in [0.15, 0.2) is 26.2 Å². The molecule has 0 aliphatic rings. The second-order valence-electron chi connectivity index (χ2n) is 7.52. The predicted octanol–water partition coefficient (Wildman–Crippen LogP) is 4.75. The molecule has 2 rings (SSSR count). The predicted molar refractivity (Wildman–Crippen MR) is 129 cm³/mol. The molecule has 2 aromatic carbocycles. The van der Waals surface area contributed by atoms with Crippen LogP contribution in [0, 0.1) is 0 Å². The Kier molecular flexibility index (Phi) is 11.1. The molecule has 0 bridgehead atoms. The van der Waals surface area contributed by atoms with E-state index in [0.717, 1.165) is 11.1 Å². The molecule has 0 radical (unpaired) electrons. The fraction of sp³-hybridized carbons (Fsp3) is 0.346. The van der Waals surface area contributed by atoms with Crippen LogP contribution in [0.15, 0.2) is 48.1 Å². The minimum absolute atomic E-state index is 0.00267. The second kappa shape index (κ2) is 14.0. The van der Waals surface area contributed by atoms with E-state index in [0.29, 0.717) is 17.9 Å². The summed E-state index contributed by atoms with van der Waals surface area (Å²) < 4.78 is 31.3. The van der Waals surface area contributed by atoms with Crippen molar-refractivity contribution in [3.8, 4) is 23.0 Å². The lowest BCUT2D eigenvalue weighted by atomic mass is 10.0. The third kappa shape index (κ3) is 8.22. The second-order valence-corrected chi connectivity index (χ2v) is 7.52. The topological polar surface area (TPSA) is 92.7 Å². The number of carbonyl (C=O) groups is 1. The van der Waals surface area contributed by atoms with Gasteiger partial charge in [-0.05, 0) is 49.6 Å². The number of carbonyl (C=O) groups excluding carboxylic acids is 1. The summed E-state index contributed by atoms with van der Waals surface area (Å²) in [6.07, 6.45) is 5.82. The third-order valence-corrected chi connectivity index (χ3v) is 4.55. The maximum Gasteiger partial charge on any atom is 0.193 e. The molecule has 34 heavy (non-hydrogen) atoms. The van der Waals surface area contributed by atoms with Gasteiger partial charge in [0.2, 0.25) is 0 Å². The SMILES string of the molecule is COCOc1cc(O)c(C(=O)C=Cc2ccc(OCOC)c(CC=C(C)C)c2)c(OCOC)c1. The number of methoxy groups -OCH3 is 3. The van der Waals surface area contributed by atoms with Crippen molar-refractivity contribution >= 4 is 11.9 Å². The molecule has 0 saturated carbocycles. The molecule has 0 aliphatic carbocycles. The molecule has 0 aliphatic heterocycles. The highest BCUT2D eigenvalue weighted by Gasteiger charge is 2.18. The Bertz CT molecular complexity index is 1010. The van der Waals surface area contributed by atoms with E-state index in [-0.39, 0.29) is 37.4 Å². The number of benzene rings is 2. The molecule has 0 aromatic heterocycles. The summed E-state index contributed by atoms with van der Waals surface area (Å²) in [4.78, 5) is 13.0. The van der Waals surface area contributed by atoms with Crippen molar-refractivity contribution in [3.63, 3.8) is 0 Å². The number of phenolic OH excluding ortho intramolecular Hbond substituents is 1. The van der Waals surface area contributed by atoms with Crippen LogP contribution in [0.25, 0.3) is 6.08 Å². The maximum atomic E-state index is 13.0. The normalized spacial score (nSPS) is 10.9. The van der Waals surface area contributed by atoms with E-state index in [4.69, 9.17) is 28.4 Å². The minimum Gasteiger partial charge on any atom is -0.507 e. The Morgan fingerprint density at radius 1 is 0.882 bits per heavy atom. The number of phenols is 1. The highest BCUT2D eigenvalue weighted by atomic mass is 16.7. The molecule has 0 saturated heterocycles. The first kappa shape index (κ1) is 26.9. The van der Waals surface area contributed by atoms with Gasteiger partial charge in [0, 0.05) is 33.5 Å². The van der Waals surface area contributed by atoms with Crippen LogP contribution in [0.5, 0.6) is 23.0 Å². The smallest absolute Gasteiger partial charge is 0.193 e. The van der Waals surface area contributed by atoms with Gasteiger partial charge in [-0.3, -0.25) is 4.79 Å². The van der Waals surface area contributed by atoms with Gasteiger partial charge < -0.3 is 33.5 Å². The molecule has 0 amide bonds. The largest absolute Gasteiger partial charge is 0.507 e. The lowest BCUT2D eigenvalue weighted by Gasteiger charge is -2.13. The first-order chi connectivity index (χ1) is 16.4. The van der Waals surface area contributed by atoms with E-state index in [2.05, 4.69) is 6.08 Å². The molecule has 184 valence electrons. The zero-order valence-corrected chi connectivity index (χ0v) is 20.3. The number of hydrogen-bond donors (Lipinski definition) is 1. The van der Waals surface area contributed by atoms with Crippen molar-refractivity contribution < 1.29 is 38.3 Å². The molecule has 0 spiro atoms. The summed E-state index contributed by atoms with van der Waals surface area (Å²) in [5.74, 6) is 0.424. The van der Waals surface area contributed by atoms with Crippen LogP contribution in [0.1, 0.15) is 35.3 Å². The summed E-state index contributed by atoms with van der Waals surface area (Å²) in [5, 5.41) is 10.5. The number of aromatic hydroxyl groups is 1. The number of hydrogen-bond acceptors (Lipinski definition) is 8. The van der Waals surface area contributed by atoms with E-state index in [1.54, 1.807) is 13.2 Å². The van der Waals surface area contributed by atoms with Crippen molar-refractivity contribution in [2.75, 3.05) is 41.7 Å². The van der Waals surface area contributed by atoms with Crippen LogP contribution in [0.2, 0.25) is 0 Å². The van der Waals surface area contributed by atoms with Crippen LogP contribution < -0.4 is 14.2 Å². The summed E-state index contributed by atoms with van der Waals surface area (Å²) >= 11 is 0. The summed E-state index contributed by atoms with van der Waals surface area (Å²) in [6.45, 7) is 4.07. The average Bonchev–Trinajstić information content (AvgIpc) is 2.82. The number of rotatable bonds is 14. The lowest BCUT2D eigenvalue weighted by Crippen LogP contribution is -2.07. The van der Waals surface area contributed by atoms with E-state index in [9.17, 15) is 9.90 Å². The van der Waals surface area contributed by atoms with Gasteiger partial charge in [-0.25, -0.2) is 0 Å². The molecular formula is C26H32O8. The Balaban J connectivity index is 2.33. The third-order valence-electron chi connectivity index (χ3n) is 4.55. The van der Waals surface area contributed by atoms with Crippen LogP contribution in [-0.2, 0) is 20.6 Å². The van der Waals surface area contributed by atoms with Crippen LogP contribution in [0.4, 0.5) is 0 Å². The summed E-state index contributed by atoms with van der Waals surface area (Å²) in [5.41, 5.74) is 2.95. The van der Waals surface area contributed by atoms with Crippen molar-refractivity contribution in [1.29, 1.82) is 0 Å². The van der Waals surface area contributed by atoms with Crippen molar-refractivity contribution in [2.45, 2.75) is 20.3 Å². The van der Waals surface area contributed by atoms with Gasteiger partial charge in [-0.15, -0.1) is 0 Å². The van der Waals surface area contributed by atoms with Crippen LogP contribution in [0.3, 0.4) is 0 Å². The Hall–Kier alpha value is -3.33. The Labute approximate surface area is 200 Å². The monoisotopic (exact) mass is 472 g/mol. The van der Waals surface area contributed by atoms with Gasteiger partial charge in [0.05, 0.1) is 0 Å². The van der Waals surface area contributed by atoms with Gasteiger partial charge in [-0.1, -0.05) is 23.8 Å².